The Morgan fingerprint density at radius 1 is 1.07 bits per heavy atom. The zero-order valence-corrected chi connectivity index (χ0v) is 18.1. The Hall–Kier alpha value is -2.22. The molecule has 1 atom stereocenters. The van der Waals surface area contributed by atoms with Crippen LogP contribution >= 0.6 is 0 Å². The molecule has 156 valence electrons. The number of sulfonamides is 1. The Balaban J connectivity index is 1.73. The first-order valence-corrected chi connectivity index (χ1v) is 11.4. The van der Waals surface area contributed by atoms with Gasteiger partial charge in [-0.3, -0.25) is 4.79 Å². The van der Waals surface area contributed by atoms with Gasteiger partial charge in [0.05, 0.1) is 10.9 Å². The number of nitrogens with zero attached hydrogens (tertiary/aromatic N) is 2. The molecule has 2 aromatic rings. The summed E-state index contributed by atoms with van der Waals surface area (Å²) < 4.78 is 27.4. The zero-order chi connectivity index (χ0) is 21.0. The van der Waals surface area contributed by atoms with E-state index >= 15 is 0 Å². The first-order chi connectivity index (χ1) is 13.8. The van der Waals surface area contributed by atoms with Gasteiger partial charge in [-0.15, -0.1) is 0 Å². The summed E-state index contributed by atoms with van der Waals surface area (Å²) in [6.45, 7) is 6.34. The van der Waals surface area contributed by atoms with Gasteiger partial charge in [-0.2, -0.15) is 4.31 Å². The summed E-state index contributed by atoms with van der Waals surface area (Å²) in [4.78, 5) is 15.0. The van der Waals surface area contributed by atoms with Crippen LogP contribution in [0.2, 0.25) is 0 Å². The van der Waals surface area contributed by atoms with E-state index in [1.165, 1.54) is 15.9 Å². The number of benzene rings is 2. The highest BCUT2D eigenvalue weighted by Gasteiger charge is 2.28. The van der Waals surface area contributed by atoms with Gasteiger partial charge in [0, 0.05) is 31.7 Å². The molecule has 1 fully saturated rings. The molecule has 0 bridgehead atoms. The molecule has 0 spiro atoms. The monoisotopic (exact) mass is 415 g/mol. The third-order valence-electron chi connectivity index (χ3n) is 5.43. The zero-order valence-electron chi connectivity index (χ0n) is 17.3. The molecule has 0 saturated carbocycles. The predicted molar refractivity (Wildman–Crippen MR) is 114 cm³/mol. The van der Waals surface area contributed by atoms with Crippen molar-refractivity contribution in [1.82, 2.24) is 14.5 Å². The lowest BCUT2D eigenvalue weighted by Crippen LogP contribution is -2.47. The number of carbonyl (C=O) groups excluding carboxylic acids is 1. The SMILES string of the molecule is CCc1ccc([C@H](C)NC(=O)c2cccc(S(=O)(=O)N3CCN(C)CC3)c2)cc1. The largest absolute Gasteiger partial charge is 0.346 e. The van der Waals surface area contributed by atoms with Crippen LogP contribution in [0.5, 0.6) is 0 Å². The van der Waals surface area contributed by atoms with E-state index < -0.39 is 10.0 Å². The van der Waals surface area contributed by atoms with Crippen LogP contribution in [0.15, 0.2) is 53.4 Å². The Morgan fingerprint density at radius 2 is 1.72 bits per heavy atom. The molecule has 0 aliphatic carbocycles. The number of amides is 1. The van der Waals surface area contributed by atoms with Crippen molar-refractivity contribution in [3.8, 4) is 0 Å². The van der Waals surface area contributed by atoms with E-state index in [1.54, 1.807) is 18.2 Å². The summed E-state index contributed by atoms with van der Waals surface area (Å²) >= 11 is 0. The van der Waals surface area contributed by atoms with E-state index in [0.717, 1.165) is 12.0 Å². The van der Waals surface area contributed by atoms with Gasteiger partial charge >= 0.3 is 0 Å². The average molecular weight is 416 g/mol. The van der Waals surface area contributed by atoms with Crippen LogP contribution in [0, 0.1) is 0 Å². The second-order valence-corrected chi connectivity index (χ2v) is 9.46. The number of piperazine rings is 1. The van der Waals surface area contributed by atoms with Gasteiger partial charge in [0.2, 0.25) is 10.0 Å². The number of nitrogens with one attached hydrogen (secondary N) is 1. The van der Waals surface area contributed by atoms with Gasteiger partial charge in [0.1, 0.15) is 0 Å². The fraction of sp³-hybridized carbons (Fsp3) is 0.409. The van der Waals surface area contributed by atoms with Gasteiger partial charge in [0.15, 0.2) is 0 Å². The Labute approximate surface area is 173 Å². The molecule has 1 saturated heterocycles. The number of likely N-dealkylation sites (N-methyl/N-ethyl adjacent to an activating group) is 1. The Morgan fingerprint density at radius 3 is 2.34 bits per heavy atom. The minimum absolute atomic E-state index is 0.162. The number of carbonyl (C=O) groups is 1. The third-order valence-corrected chi connectivity index (χ3v) is 7.33. The number of hydrogen-bond acceptors (Lipinski definition) is 4. The second-order valence-electron chi connectivity index (χ2n) is 7.53. The van der Waals surface area contributed by atoms with Crippen molar-refractivity contribution in [1.29, 1.82) is 0 Å². The summed E-state index contributed by atoms with van der Waals surface area (Å²) in [5, 5.41) is 2.96. The highest BCUT2D eigenvalue weighted by atomic mass is 32.2. The van der Waals surface area contributed by atoms with Crippen molar-refractivity contribution in [3.05, 3.63) is 65.2 Å². The quantitative estimate of drug-likeness (QED) is 0.788. The van der Waals surface area contributed by atoms with Crippen molar-refractivity contribution < 1.29 is 13.2 Å². The van der Waals surface area contributed by atoms with Crippen molar-refractivity contribution in [3.63, 3.8) is 0 Å². The van der Waals surface area contributed by atoms with E-state index in [2.05, 4.69) is 29.3 Å². The van der Waals surface area contributed by atoms with Gasteiger partial charge in [-0.25, -0.2) is 8.42 Å². The lowest BCUT2D eigenvalue weighted by Gasteiger charge is -2.31. The predicted octanol–water partition coefficient (Wildman–Crippen LogP) is 2.68. The van der Waals surface area contributed by atoms with E-state index in [1.807, 2.05) is 26.1 Å². The molecule has 3 rings (SSSR count). The average Bonchev–Trinajstić information content (AvgIpc) is 2.74. The van der Waals surface area contributed by atoms with Gasteiger partial charge in [-0.1, -0.05) is 37.3 Å². The fourth-order valence-electron chi connectivity index (χ4n) is 3.38. The van der Waals surface area contributed by atoms with Gasteiger partial charge < -0.3 is 10.2 Å². The first-order valence-electron chi connectivity index (χ1n) is 9.99. The standard InChI is InChI=1S/C22H29N3O3S/c1-4-18-8-10-19(11-9-18)17(2)23-22(26)20-6-5-7-21(16-20)29(27,28)25-14-12-24(3)13-15-25/h5-11,16-17H,4,12-15H2,1-3H3,(H,23,26)/t17-/m0/s1. The van der Waals surface area contributed by atoms with Crippen molar-refractivity contribution in [2.24, 2.45) is 0 Å². The summed E-state index contributed by atoms with van der Waals surface area (Å²) in [7, 11) is -1.63. The second kappa shape index (κ2) is 9.07. The van der Waals surface area contributed by atoms with Crippen LogP contribution in [0.3, 0.4) is 0 Å². The number of hydrogen-bond donors (Lipinski definition) is 1. The normalized spacial score (nSPS) is 17.1. The number of rotatable bonds is 6. The first kappa shape index (κ1) is 21.5. The maximum absolute atomic E-state index is 12.9. The van der Waals surface area contributed by atoms with E-state index in [0.29, 0.717) is 31.7 Å². The smallest absolute Gasteiger partial charge is 0.251 e. The molecular formula is C22H29N3O3S. The van der Waals surface area contributed by atoms with Crippen molar-refractivity contribution in [2.45, 2.75) is 31.2 Å². The summed E-state index contributed by atoms with van der Waals surface area (Å²) in [6.07, 6.45) is 0.968. The molecule has 0 unspecified atom stereocenters. The molecular weight excluding hydrogens is 386 g/mol. The summed E-state index contributed by atoms with van der Waals surface area (Å²) in [6, 6.07) is 14.3. The molecule has 6 nitrogen and oxygen atoms in total. The Kier molecular flexibility index (Phi) is 6.72. The molecule has 1 heterocycles. The minimum atomic E-state index is -3.60. The molecule has 7 heteroatoms. The maximum Gasteiger partial charge on any atom is 0.251 e. The lowest BCUT2D eigenvalue weighted by atomic mass is 10.0. The van der Waals surface area contributed by atoms with E-state index in [9.17, 15) is 13.2 Å². The van der Waals surface area contributed by atoms with E-state index in [-0.39, 0.29) is 16.8 Å². The van der Waals surface area contributed by atoms with Crippen molar-refractivity contribution in [2.75, 3.05) is 33.2 Å². The molecule has 1 N–H and O–H groups in total. The highest BCUT2D eigenvalue weighted by molar-refractivity contribution is 7.89. The molecule has 1 amide bonds. The molecule has 2 aromatic carbocycles. The fourth-order valence-corrected chi connectivity index (χ4v) is 4.85. The van der Waals surface area contributed by atoms with Gasteiger partial charge in [-0.05, 0) is 49.7 Å². The molecule has 1 aliphatic rings. The third kappa shape index (κ3) is 5.04. The molecule has 0 radical (unpaired) electrons. The highest BCUT2D eigenvalue weighted by Crippen LogP contribution is 2.20. The van der Waals surface area contributed by atoms with Crippen LogP contribution in [0.1, 0.15) is 41.4 Å². The van der Waals surface area contributed by atoms with Crippen molar-refractivity contribution >= 4 is 15.9 Å². The summed E-state index contributed by atoms with van der Waals surface area (Å²) in [5.74, 6) is -0.285. The van der Waals surface area contributed by atoms with Crippen LogP contribution in [-0.2, 0) is 16.4 Å². The topological polar surface area (TPSA) is 69.7 Å². The minimum Gasteiger partial charge on any atom is -0.346 e. The van der Waals surface area contributed by atoms with Crippen LogP contribution in [0.4, 0.5) is 0 Å². The molecule has 1 aliphatic heterocycles. The molecule has 29 heavy (non-hydrogen) atoms. The number of aryl methyl sites for hydroxylation is 1. The maximum atomic E-state index is 12.9. The van der Waals surface area contributed by atoms with Crippen LogP contribution < -0.4 is 5.32 Å². The Bertz CT molecular complexity index is 950. The molecule has 0 aromatic heterocycles. The van der Waals surface area contributed by atoms with E-state index in [4.69, 9.17) is 0 Å². The van der Waals surface area contributed by atoms with Crippen LogP contribution in [0.25, 0.3) is 0 Å². The lowest BCUT2D eigenvalue weighted by molar-refractivity contribution is 0.0939. The summed E-state index contributed by atoms with van der Waals surface area (Å²) in [5.41, 5.74) is 2.60. The van der Waals surface area contributed by atoms with Crippen LogP contribution in [-0.4, -0.2) is 56.8 Å². The van der Waals surface area contributed by atoms with Gasteiger partial charge in [0.25, 0.3) is 5.91 Å².